The lowest BCUT2D eigenvalue weighted by molar-refractivity contribution is 0.0748. The molecule has 1 aromatic heterocycles. The van der Waals surface area contributed by atoms with Gasteiger partial charge in [-0.15, -0.1) is 0 Å². The topological polar surface area (TPSA) is 61.4 Å². The van der Waals surface area contributed by atoms with E-state index in [0.29, 0.717) is 18.7 Å². The number of carbonyl (C=O) groups excluding carboxylic acids is 1. The van der Waals surface area contributed by atoms with Crippen LogP contribution in [0.3, 0.4) is 0 Å². The van der Waals surface area contributed by atoms with Crippen LogP contribution in [0.25, 0.3) is 10.8 Å². The van der Waals surface area contributed by atoms with Crippen LogP contribution in [0.1, 0.15) is 10.4 Å². The van der Waals surface area contributed by atoms with Crippen molar-refractivity contribution >= 4 is 33.9 Å². The number of hydrogen-bond acceptors (Lipinski definition) is 7. The zero-order valence-electron chi connectivity index (χ0n) is 23.1. The molecule has 0 saturated carbocycles. The number of rotatable bonds is 6. The van der Waals surface area contributed by atoms with Crippen LogP contribution >= 0.6 is 0 Å². The van der Waals surface area contributed by atoms with Gasteiger partial charge in [-0.05, 0) is 41.8 Å². The summed E-state index contributed by atoms with van der Waals surface area (Å²) in [5.74, 6) is 2.73. The van der Waals surface area contributed by atoms with Crippen LogP contribution in [0.5, 0.6) is 11.5 Å². The molecule has 2 fully saturated rings. The Labute approximate surface area is 235 Å². The minimum atomic E-state index is 0.0469. The summed E-state index contributed by atoms with van der Waals surface area (Å²) in [5, 5.41) is 1.98. The summed E-state index contributed by atoms with van der Waals surface area (Å²) < 4.78 is 10.9. The number of methoxy groups -OCH3 is 2. The summed E-state index contributed by atoms with van der Waals surface area (Å²) in [6.45, 7) is 6.35. The SMILES string of the molecule is COc1ccc(N2CCN(C(=O)c3cnc(N4CCN(c5ccccc5OC)CC4)c4ccccc34)CC2)cc1. The Hall–Kier alpha value is -4.46. The second kappa shape index (κ2) is 11.3. The Kier molecular flexibility index (Phi) is 7.31. The average Bonchev–Trinajstić information content (AvgIpc) is 3.04. The van der Waals surface area contributed by atoms with Gasteiger partial charge in [0, 0.05) is 69.6 Å². The molecule has 2 aliphatic rings. The van der Waals surface area contributed by atoms with Crippen molar-refractivity contribution in [3.8, 4) is 11.5 Å². The summed E-state index contributed by atoms with van der Waals surface area (Å²) in [7, 11) is 3.39. The van der Waals surface area contributed by atoms with Crippen LogP contribution in [0, 0.1) is 0 Å². The maximum absolute atomic E-state index is 13.7. The first-order chi connectivity index (χ1) is 19.7. The predicted molar refractivity (Wildman–Crippen MR) is 160 cm³/mol. The van der Waals surface area contributed by atoms with Crippen molar-refractivity contribution in [2.45, 2.75) is 0 Å². The fraction of sp³-hybridized carbons (Fsp3) is 0.312. The first-order valence-electron chi connectivity index (χ1n) is 13.8. The fourth-order valence-corrected chi connectivity index (χ4v) is 5.78. The molecule has 0 aliphatic carbocycles. The average molecular weight is 538 g/mol. The summed E-state index contributed by atoms with van der Waals surface area (Å²) in [4.78, 5) is 27.5. The molecule has 8 nitrogen and oxygen atoms in total. The van der Waals surface area contributed by atoms with E-state index < -0.39 is 0 Å². The number of aromatic nitrogens is 1. The van der Waals surface area contributed by atoms with Crippen molar-refractivity contribution in [1.29, 1.82) is 0 Å². The number of pyridine rings is 1. The van der Waals surface area contributed by atoms with E-state index >= 15 is 0 Å². The van der Waals surface area contributed by atoms with Gasteiger partial charge in [-0.3, -0.25) is 4.79 Å². The normalized spacial score (nSPS) is 15.8. The van der Waals surface area contributed by atoms with Crippen molar-refractivity contribution < 1.29 is 14.3 Å². The molecule has 0 N–H and O–H groups in total. The minimum absolute atomic E-state index is 0.0469. The van der Waals surface area contributed by atoms with Crippen molar-refractivity contribution in [2.24, 2.45) is 0 Å². The molecule has 3 heterocycles. The number of anilines is 3. The third-order valence-corrected chi connectivity index (χ3v) is 8.01. The van der Waals surface area contributed by atoms with E-state index in [0.717, 1.165) is 78.7 Å². The number of piperazine rings is 2. The van der Waals surface area contributed by atoms with Gasteiger partial charge >= 0.3 is 0 Å². The second-order valence-corrected chi connectivity index (χ2v) is 10.2. The molecule has 206 valence electrons. The molecule has 0 radical (unpaired) electrons. The van der Waals surface area contributed by atoms with Gasteiger partial charge < -0.3 is 29.1 Å². The van der Waals surface area contributed by atoms with E-state index in [1.165, 1.54) is 0 Å². The van der Waals surface area contributed by atoms with Gasteiger partial charge in [0.2, 0.25) is 0 Å². The molecule has 0 bridgehead atoms. The van der Waals surface area contributed by atoms with Gasteiger partial charge in [0.25, 0.3) is 5.91 Å². The van der Waals surface area contributed by atoms with Crippen LogP contribution < -0.4 is 24.2 Å². The predicted octanol–water partition coefficient (Wildman–Crippen LogP) is 4.54. The van der Waals surface area contributed by atoms with Gasteiger partial charge in [-0.25, -0.2) is 4.98 Å². The van der Waals surface area contributed by atoms with Crippen molar-refractivity contribution in [1.82, 2.24) is 9.88 Å². The standard InChI is InChI=1S/C32H35N5O3/c1-39-25-13-11-24(12-14-25)34-15-21-37(22-16-34)32(38)28-23-33-31(27-8-4-3-7-26(27)28)36-19-17-35(18-20-36)29-9-5-6-10-30(29)40-2/h3-14,23H,15-22H2,1-2H3. The van der Waals surface area contributed by atoms with Gasteiger partial charge in [0.15, 0.2) is 0 Å². The highest BCUT2D eigenvalue weighted by Gasteiger charge is 2.26. The van der Waals surface area contributed by atoms with Crippen molar-refractivity contribution in [3.05, 3.63) is 84.6 Å². The Bertz CT molecular complexity index is 1480. The molecule has 40 heavy (non-hydrogen) atoms. The van der Waals surface area contributed by atoms with Crippen LogP contribution in [-0.2, 0) is 0 Å². The summed E-state index contributed by atoms with van der Waals surface area (Å²) in [6, 6.07) is 24.4. The maximum atomic E-state index is 13.7. The lowest BCUT2D eigenvalue weighted by Gasteiger charge is -2.38. The molecule has 2 saturated heterocycles. The van der Waals surface area contributed by atoms with Gasteiger partial charge in [-0.2, -0.15) is 0 Å². The summed E-state index contributed by atoms with van der Waals surface area (Å²) >= 11 is 0. The number of para-hydroxylation sites is 2. The summed E-state index contributed by atoms with van der Waals surface area (Å²) in [6.07, 6.45) is 1.78. The van der Waals surface area contributed by atoms with Gasteiger partial charge in [0.05, 0.1) is 25.5 Å². The Balaban J connectivity index is 1.16. The van der Waals surface area contributed by atoms with E-state index in [2.05, 4.69) is 39.0 Å². The number of fused-ring (bicyclic) bond motifs is 1. The quantitative estimate of drug-likeness (QED) is 0.358. The molecular formula is C32H35N5O3. The van der Waals surface area contributed by atoms with Crippen LogP contribution in [0.4, 0.5) is 17.2 Å². The van der Waals surface area contributed by atoms with E-state index in [4.69, 9.17) is 14.5 Å². The molecule has 4 aromatic rings. The molecule has 1 amide bonds. The summed E-state index contributed by atoms with van der Waals surface area (Å²) in [5.41, 5.74) is 2.94. The molecule has 0 unspecified atom stereocenters. The molecule has 2 aliphatic heterocycles. The van der Waals surface area contributed by atoms with Crippen molar-refractivity contribution in [3.63, 3.8) is 0 Å². The van der Waals surface area contributed by atoms with E-state index in [-0.39, 0.29) is 5.91 Å². The largest absolute Gasteiger partial charge is 0.497 e. The molecule has 0 atom stereocenters. The number of benzene rings is 3. The molecule has 6 rings (SSSR count). The van der Waals surface area contributed by atoms with Crippen LogP contribution in [0.15, 0.2) is 79.0 Å². The Morgan fingerprint density at radius 3 is 2.00 bits per heavy atom. The monoisotopic (exact) mass is 537 g/mol. The third kappa shape index (κ3) is 4.97. The molecule has 0 spiro atoms. The number of ether oxygens (including phenoxy) is 2. The number of carbonyl (C=O) groups is 1. The third-order valence-electron chi connectivity index (χ3n) is 8.01. The zero-order valence-corrected chi connectivity index (χ0v) is 23.1. The lowest BCUT2D eigenvalue weighted by Crippen LogP contribution is -2.49. The van der Waals surface area contributed by atoms with Crippen LogP contribution in [0.2, 0.25) is 0 Å². The fourth-order valence-electron chi connectivity index (χ4n) is 5.78. The smallest absolute Gasteiger partial charge is 0.256 e. The van der Waals surface area contributed by atoms with E-state index in [9.17, 15) is 4.79 Å². The number of amides is 1. The lowest BCUT2D eigenvalue weighted by atomic mass is 10.0. The van der Waals surface area contributed by atoms with Gasteiger partial charge in [0.1, 0.15) is 17.3 Å². The van der Waals surface area contributed by atoms with Gasteiger partial charge in [-0.1, -0.05) is 36.4 Å². The van der Waals surface area contributed by atoms with Crippen LogP contribution in [-0.4, -0.2) is 82.4 Å². The number of hydrogen-bond donors (Lipinski definition) is 0. The highest BCUT2D eigenvalue weighted by molar-refractivity contribution is 6.09. The first-order valence-corrected chi connectivity index (χ1v) is 13.8. The van der Waals surface area contributed by atoms with Crippen molar-refractivity contribution in [2.75, 3.05) is 81.3 Å². The first kappa shape index (κ1) is 25.8. The zero-order chi connectivity index (χ0) is 27.5. The molecular weight excluding hydrogens is 502 g/mol. The Morgan fingerprint density at radius 1 is 0.675 bits per heavy atom. The maximum Gasteiger partial charge on any atom is 0.256 e. The molecule has 3 aromatic carbocycles. The molecule has 8 heteroatoms. The second-order valence-electron chi connectivity index (χ2n) is 10.2. The Morgan fingerprint density at radius 2 is 1.30 bits per heavy atom. The minimum Gasteiger partial charge on any atom is -0.497 e. The highest BCUT2D eigenvalue weighted by atomic mass is 16.5. The van der Waals surface area contributed by atoms with E-state index in [1.807, 2.05) is 53.4 Å². The van der Waals surface area contributed by atoms with E-state index in [1.54, 1.807) is 20.4 Å². The highest BCUT2D eigenvalue weighted by Crippen LogP contribution is 2.32. The number of nitrogens with zero attached hydrogens (tertiary/aromatic N) is 5.